The van der Waals surface area contributed by atoms with E-state index in [9.17, 15) is 0 Å². The minimum atomic E-state index is 0.238. The first-order chi connectivity index (χ1) is 9.11. The van der Waals surface area contributed by atoms with Crippen LogP contribution in [0.1, 0.15) is 29.9 Å². The van der Waals surface area contributed by atoms with E-state index in [-0.39, 0.29) is 6.04 Å². The van der Waals surface area contributed by atoms with E-state index in [1.807, 2.05) is 11.7 Å². The number of likely N-dealkylation sites (N-methyl/N-ethyl adjacent to an activating group) is 1. The molecule has 5 heteroatoms. The third-order valence-corrected chi connectivity index (χ3v) is 3.89. The Morgan fingerprint density at radius 1 is 1.42 bits per heavy atom. The van der Waals surface area contributed by atoms with Crippen LogP contribution in [0.4, 0.5) is 0 Å². The summed E-state index contributed by atoms with van der Waals surface area (Å²) in [5, 5.41) is 7.65. The topological polar surface area (TPSA) is 42.7 Å². The quantitative estimate of drug-likeness (QED) is 0.920. The second-order valence-corrected chi connectivity index (χ2v) is 5.49. The Kier molecular flexibility index (Phi) is 4.71. The number of hydrogen-bond acceptors (Lipinski definition) is 3. The number of aromatic nitrogens is 3. The maximum Gasteiger partial charge on any atom is 0.138 e. The molecule has 1 aromatic carbocycles. The molecule has 0 saturated heterocycles. The first-order valence-corrected chi connectivity index (χ1v) is 7.23. The van der Waals surface area contributed by atoms with Crippen molar-refractivity contribution in [1.82, 2.24) is 20.1 Å². The van der Waals surface area contributed by atoms with Gasteiger partial charge in [-0.1, -0.05) is 40.5 Å². The Hall–Kier alpha value is -1.20. The molecular formula is C14H19BrN4. The van der Waals surface area contributed by atoms with Gasteiger partial charge < -0.3 is 5.32 Å². The predicted octanol–water partition coefficient (Wildman–Crippen LogP) is 2.78. The highest BCUT2D eigenvalue weighted by Gasteiger charge is 2.16. The van der Waals surface area contributed by atoms with Gasteiger partial charge in [0.1, 0.15) is 12.2 Å². The van der Waals surface area contributed by atoms with E-state index in [2.05, 4.69) is 63.4 Å². The van der Waals surface area contributed by atoms with Crippen molar-refractivity contribution < 1.29 is 0 Å². The lowest BCUT2D eigenvalue weighted by Gasteiger charge is -2.20. The molecule has 2 rings (SSSR count). The molecule has 0 aliphatic rings. The molecule has 0 amide bonds. The highest BCUT2D eigenvalue weighted by atomic mass is 79.9. The van der Waals surface area contributed by atoms with Gasteiger partial charge in [0.05, 0.1) is 0 Å². The summed E-state index contributed by atoms with van der Waals surface area (Å²) < 4.78 is 2.96. The average Bonchev–Trinajstić information content (AvgIpc) is 2.78. The smallest absolute Gasteiger partial charge is 0.138 e. The first-order valence-electron chi connectivity index (χ1n) is 6.44. The second-order valence-electron chi connectivity index (χ2n) is 4.64. The van der Waals surface area contributed by atoms with Crippen molar-refractivity contribution in [3.63, 3.8) is 0 Å². The summed E-state index contributed by atoms with van der Waals surface area (Å²) in [6, 6.07) is 6.67. The molecule has 0 radical (unpaired) electrons. The fourth-order valence-corrected chi connectivity index (χ4v) is 2.68. The lowest BCUT2D eigenvalue weighted by molar-refractivity contribution is 0.520. The van der Waals surface area contributed by atoms with Gasteiger partial charge in [0, 0.05) is 24.0 Å². The number of halogens is 1. The third kappa shape index (κ3) is 3.42. The minimum Gasteiger partial charge on any atom is -0.310 e. The molecule has 0 aliphatic heterocycles. The Balaban J connectivity index is 2.29. The van der Waals surface area contributed by atoms with Gasteiger partial charge in [-0.15, -0.1) is 0 Å². The lowest BCUT2D eigenvalue weighted by atomic mass is 10.0. The Labute approximate surface area is 122 Å². The van der Waals surface area contributed by atoms with Crippen molar-refractivity contribution in [3.05, 3.63) is 46.0 Å². The predicted molar refractivity (Wildman–Crippen MR) is 80.0 cm³/mol. The number of nitrogens with one attached hydrogen (secondary N) is 1. The van der Waals surface area contributed by atoms with Gasteiger partial charge in [-0.3, -0.25) is 4.68 Å². The molecule has 1 N–H and O–H groups in total. The summed E-state index contributed by atoms with van der Waals surface area (Å²) in [5.74, 6) is 0.986. The molecular weight excluding hydrogens is 304 g/mol. The molecule has 0 aliphatic carbocycles. The van der Waals surface area contributed by atoms with Crippen LogP contribution >= 0.6 is 15.9 Å². The van der Waals surface area contributed by atoms with Gasteiger partial charge in [-0.25, -0.2) is 4.98 Å². The van der Waals surface area contributed by atoms with E-state index in [0.29, 0.717) is 0 Å². The zero-order valence-electron chi connectivity index (χ0n) is 11.5. The van der Waals surface area contributed by atoms with E-state index >= 15 is 0 Å². The molecule has 0 spiro atoms. The van der Waals surface area contributed by atoms with Gasteiger partial charge >= 0.3 is 0 Å². The van der Waals surface area contributed by atoms with Crippen LogP contribution in [0.15, 0.2) is 29.0 Å². The largest absolute Gasteiger partial charge is 0.310 e. The van der Waals surface area contributed by atoms with Crippen molar-refractivity contribution in [2.75, 3.05) is 6.54 Å². The number of rotatable bonds is 5. The zero-order chi connectivity index (χ0) is 13.8. The highest BCUT2D eigenvalue weighted by molar-refractivity contribution is 9.10. The van der Waals surface area contributed by atoms with Crippen LogP contribution in [-0.4, -0.2) is 21.3 Å². The molecule has 0 bridgehead atoms. The molecule has 1 unspecified atom stereocenters. The summed E-state index contributed by atoms with van der Waals surface area (Å²) in [7, 11) is 1.93. The van der Waals surface area contributed by atoms with Crippen LogP contribution in [0.5, 0.6) is 0 Å². The molecule has 0 saturated carbocycles. The summed E-state index contributed by atoms with van der Waals surface area (Å²) in [6.45, 7) is 5.15. The van der Waals surface area contributed by atoms with E-state index in [1.165, 1.54) is 11.1 Å². The summed E-state index contributed by atoms with van der Waals surface area (Å²) >= 11 is 3.64. The van der Waals surface area contributed by atoms with Crippen molar-refractivity contribution in [1.29, 1.82) is 0 Å². The van der Waals surface area contributed by atoms with Crippen LogP contribution in [-0.2, 0) is 13.5 Å². The average molecular weight is 323 g/mol. The fourth-order valence-electron chi connectivity index (χ4n) is 2.16. The zero-order valence-corrected chi connectivity index (χ0v) is 13.1. The normalized spacial score (nSPS) is 12.6. The third-order valence-electron chi connectivity index (χ3n) is 3.17. The Morgan fingerprint density at radius 3 is 2.84 bits per heavy atom. The summed E-state index contributed by atoms with van der Waals surface area (Å²) in [5.41, 5.74) is 2.53. The van der Waals surface area contributed by atoms with Crippen molar-refractivity contribution in [2.24, 2.45) is 7.05 Å². The molecule has 0 fully saturated rings. The van der Waals surface area contributed by atoms with Crippen molar-refractivity contribution in [2.45, 2.75) is 26.3 Å². The molecule has 102 valence electrons. The van der Waals surface area contributed by atoms with Crippen LogP contribution in [0.25, 0.3) is 0 Å². The van der Waals surface area contributed by atoms with Gasteiger partial charge in [-0.05, 0) is 25.1 Å². The Morgan fingerprint density at radius 2 is 2.21 bits per heavy atom. The maximum absolute atomic E-state index is 4.31. The maximum atomic E-state index is 4.31. The van der Waals surface area contributed by atoms with E-state index in [4.69, 9.17) is 0 Å². The van der Waals surface area contributed by atoms with Gasteiger partial charge in [0.25, 0.3) is 0 Å². The van der Waals surface area contributed by atoms with Gasteiger partial charge in [0.15, 0.2) is 0 Å². The van der Waals surface area contributed by atoms with Crippen molar-refractivity contribution >= 4 is 15.9 Å². The standard InChI is InChI=1S/C14H19BrN4/c1-4-16-13(8-14-17-9-18-19(14)3)11-7-10(2)5-6-12(11)15/h5-7,9,13,16H,4,8H2,1-3H3. The second kappa shape index (κ2) is 6.30. The number of aryl methyl sites for hydroxylation is 2. The summed E-state index contributed by atoms with van der Waals surface area (Å²) in [4.78, 5) is 4.31. The number of hydrogen-bond donors (Lipinski definition) is 1. The minimum absolute atomic E-state index is 0.238. The van der Waals surface area contributed by atoms with E-state index in [1.54, 1.807) is 6.33 Å². The SMILES string of the molecule is CCNC(Cc1ncnn1C)c1cc(C)ccc1Br. The van der Waals surface area contributed by atoms with Crippen LogP contribution in [0.2, 0.25) is 0 Å². The monoisotopic (exact) mass is 322 g/mol. The number of nitrogens with zero attached hydrogens (tertiary/aromatic N) is 3. The van der Waals surface area contributed by atoms with Crippen molar-refractivity contribution in [3.8, 4) is 0 Å². The number of benzene rings is 1. The van der Waals surface area contributed by atoms with E-state index in [0.717, 1.165) is 23.3 Å². The molecule has 1 heterocycles. The van der Waals surface area contributed by atoms with Gasteiger partial charge in [-0.2, -0.15) is 5.10 Å². The van der Waals surface area contributed by atoms with E-state index < -0.39 is 0 Å². The summed E-state index contributed by atoms with van der Waals surface area (Å²) in [6.07, 6.45) is 2.43. The van der Waals surface area contributed by atoms with Crippen LogP contribution in [0, 0.1) is 6.92 Å². The lowest BCUT2D eigenvalue weighted by Crippen LogP contribution is -2.24. The molecule has 19 heavy (non-hydrogen) atoms. The fraction of sp³-hybridized carbons (Fsp3) is 0.429. The Bertz CT molecular complexity index is 550. The van der Waals surface area contributed by atoms with Crippen LogP contribution < -0.4 is 5.32 Å². The molecule has 4 nitrogen and oxygen atoms in total. The first kappa shape index (κ1) is 14.2. The molecule has 1 aromatic heterocycles. The molecule has 2 aromatic rings. The molecule has 1 atom stereocenters. The highest BCUT2D eigenvalue weighted by Crippen LogP contribution is 2.26. The van der Waals surface area contributed by atoms with Gasteiger partial charge in [0.2, 0.25) is 0 Å². The van der Waals surface area contributed by atoms with Crippen LogP contribution in [0.3, 0.4) is 0 Å².